The zero-order chi connectivity index (χ0) is 15.6. The molecule has 1 heterocycles. The highest BCUT2D eigenvalue weighted by Gasteiger charge is 2.31. The molecule has 1 aromatic carbocycles. The number of nitrogens with zero attached hydrogens (tertiary/aromatic N) is 2. The maximum Gasteiger partial charge on any atom is 0.121 e. The van der Waals surface area contributed by atoms with Gasteiger partial charge in [-0.3, -0.25) is 0 Å². The molecular weight excluding hydrogens is 284 g/mol. The van der Waals surface area contributed by atoms with Gasteiger partial charge in [-0.15, -0.1) is 0 Å². The molecule has 0 unspecified atom stereocenters. The van der Waals surface area contributed by atoms with E-state index in [2.05, 4.69) is 12.1 Å². The molecule has 0 aliphatic carbocycles. The average molecular weight is 298 g/mol. The topological polar surface area (TPSA) is 109 Å². The summed E-state index contributed by atoms with van der Waals surface area (Å²) in [5.41, 5.74) is 14.2. The SMILES string of the molecule is COc1ccc(C2C(C#N)=C(N)SC(N)=C2C#N)cc1C. The fourth-order valence-electron chi connectivity index (χ4n) is 2.31. The lowest BCUT2D eigenvalue weighted by atomic mass is 9.85. The number of nitrogens with two attached hydrogens (primary N) is 2. The Balaban J connectivity index is 2.62. The van der Waals surface area contributed by atoms with Gasteiger partial charge in [0.25, 0.3) is 0 Å². The van der Waals surface area contributed by atoms with E-state index in [0.29, 0.717) is 21.2 Å². The van der Waals surface area contributed by atoms with Crippen molar-refractivity contribution in [3.05, 3.63) is 50.5 Å². The molecule has 1 aliphatic heterocycles. The molecule has 5 nitrogen and oxygen atoms in total. The number of rotatable bonds is 2. The molecule has 0 spiro atoms. The van der Waals surface area contributed by atoms with Crippen molar-refractivity contribution in [2.45, 2.75) is 12.8 Å². The first kappa shape index (κ1) is 14.8. The first-order valence-electron chi connectivity index (χ1n) is 6.15. The second kappa shape index (κ2) is 5.82. The summed E-state index contributed by atoms with van der Waals surface area (Å²) in [6.07, 6.45) is 0. The summed E-state index contributed by atoms with van der Waals surface area (Å²) in [6.45, 7) is 1.90. The van der Waals surface area contributed by atoms with Crippen molar-refractivity contribution in [1.82, 2.24) is 0 Å². The molecule has 0 bridgehead atoms. The lowest BCUT2D eigenvalue weighted by Gasteiger charge is -2.24. The number of nitriles is 2. The van der Waals surface area contributed by atoms with Gasteiger partial charge in [-0.05, 0) is 24.1 Å². The number of methoxy groups -OCH3 is 1. The van der Waals surface area contributed by atoms with E-state index in [1.807, 2.05) is 25.1 Å². The Hall–Kier alpha value is -2.57. The molecule has 6 heteroatoms. The van der Waals surface area contributed by atoms with Gasteiger partial charge in [-0.2, -0.15) is 10.5 Å². The number of allylic oxidation sites excluding steroid dienone is 2. The lowest BCUT2D eigenvalue weighted by molar-refractivity contribution is 0.411. The van der Waals surface area contributed by atoms with Gasteiger partial charge in [0.05, 0.1) is 46.4 Å². The number of ether oxygens (including phenoxy) is 1. The van der Waals surface area contributed by atoms with Crippen molar-refractivity contribution >= 4 is 11.8 Å². The highest BCUT2D eigenvalue weighted by Crippen LogP contribution is 2.43. The van der Waals surface area contributed by atoms with Gasteiger partial charge < -0.3 is 16.2 Å². The van der Waals surface area contributed by atoms with Crippen molar-refractivity contribution in [2.24, 2.45) is 11.5 Å². The van der Waals surface area contributed by atoms with Crippen LogP contribution in [0, 0.1) is 29.6 Å². The van der Waals surface area contributed by atoms with Gasteiger partial charge in [-0.1, -0.05) is 23.9 Å². The second-order valence-corrected chi connectivity index (χ2v) is 5.63. The Bertz CT molecular complexity index is 701. The zero-order valence-electron chi connectivity index (χ0n) is 11.7. The molecule has 2 rings (SSSR count). The molecule has 0 aromatic heterocycles. The van der Waals surface area contributed by atoms with Gasteiger partial charge in [0.15, 0.2) is 0 Å². The molecular formula is C15H14N4OS. The Morgan fingerprint density at radius 2 is 1.71 bits per heavy atom. The quantitative estimate of drug-likeness (QED) is 0.866. The smallest absolute Gasteiger partial charge is 0.121 e. The van der Waals surface area contributed by atoms with Crippen LogP contribution in [0.2, 0.25) is 0 Å². The first-order chi connectivity index (χ1) is 10.0. The van der Waals surface area contributed by atoms with Crippen LogP contribution in [0.25, 0.3) is 0 Å². The van der Waals surface area contributed by atoms with Gasteiger partial charge in [0, 0.05) is 0 Å². The summed E-state index contributed by atoms with van der Waals surface area (Å²) in [7, 11) is 1.59. The molecule has 0 saturated carbocycles. The van der Waals surface area contributed by atoms with Crippen LogP contribution in [0.3, 0.4) is 0 Å². The fraction of sp³-hybridized carbons (Fsp3) is 0.200. The number of hydrogen-bond donors (Lipinski definition) is 2. The Labute approximate surface area is 127 Å². The summed E-state index contributed by atoms with van der Waals surface area (Å²) in [6, 6.07) is 9.71. The number of aryl methyl sites for hydroxylation is 1. The van der Waals surface area contributed by atoms with E-state index < -0.39 is 5.92 Å². The van der Waals surface area contributed by atoms with E-state index in [0.717, 1.165) is 28.6 Å². The number of thioether (sulfide) groups is 1. The van der Waals surface area contributed by atoms with Crippen LogP contribution >= 0.6 is 11.8 Å². The highest BCUT2D eigenvalue weighted by atomic mass is 32.2. The van der Waals surface area contributed by atoms with Gasteiger partial charge in [0.2, 0.25) is 0 Å². The Morgan fingerprint density at radius 1 is 1.14 bits per heavy atom. The number of hydrogen-bond acceptors (Lipinski definition) is 6. The minimum atomic E-state index is -0.522. The van der Waals surface area contributed by atoms with E-state index >= 15 is 0 Å². The van der Waals surface area contributed by atoms with E-state index in [1.165, 1.54) is 0 Å². The molecule has 1 aliphatic rings. The van der Waals surface area contributed by atoms with Crippen molar-refractivity contribution in [3.8, 4) is 17.9 Å². The van der Waals surface area contributed by atoms with Crippen LogP contribution in [0.15, 0.2) is 39.4 Å². The van der Waals surface area contributed by atoms with Crippen molar-refractivity contribution < 1.29 is 4.74 Å². The fourth-order valence-corrected chi connectivity index (χ4v) is 3.09. The maximum absolute atomic E-state index is 9.36. The third-order valence-electron chi connectivity index (χ3n) is 3.32. The third-order valence-corrected chi connectivity index (χ3v) is 4.20. The second-order valence-electron chi connectivity index (χ2n) is 4.54. The molecule has 0 amide bonds. The standard InChI is InChI=1S/C15H14N4OS/c1-8-5-9(3-4-12(8)20-2)13-10(6-16)14(18)21-15(19)11(13)7-17/h3-5,13H,18-19H2,1-2H3. The van der Waals surface area contributed by atoms with Crippen LogP contribution < -0.4 is 16.2 Å². The molecule has 0 radical (unpaired) electrons. The molecule has 1 aromatic rings. The Kier molecular flexibility index (Phi) is 4.11. The number of benzene rings is 1. The van der Waals surface area contributed by atoms with Crippen LogP contribution in [0.4, 0.5) is 0 Å². The van der Waals surface area contributed by atoms with E-state index in [-0.39, 0.29) is 0 Å². The lowest BCUT2D eigenvalue weighted by Crippen LogP contribution is -2.18. The van der Waals surface area contributed by atoms with E-state index in [1.54, 1.807) is 7.11 Å². The molecule has 106 valence electrons. The summed E-state index contributed by atoms with van der Waals surface area (Å²) in [5.74, 6) is 0.223. The van der Waals surface area contributed by atoms with Gasteiger partial charge in [0.1, 0.15) is 5.75 Å². The molecule has 21 heavy (non-hydrogen) atoms. The van der Waals surface area contributed by atoms with Crippen molar-refractivity contribution in [1.29, 1.82) is 10.5 Å². The Morgan fingerprint density at radius 3 is 2.14 bits per heavy atom. The molecule has 0 atom stereocenters. The maximum atomic E-state index is 9.36. The molecule has 0 fully saturated rings. The first-order valence-corrected chi connectivity index (χ1v) is 6.97. The summed E-state index contributed by atoms with van der Waals surface area (Å²) < 4.78 is 5.23. The predicted molar refractivity (Wildman–Crippen MR) is 81.7 cm³/mol. The summed E-state index contributed by atoms with van der Waals surface area (Å²) in [5, 5.41) is 19.4. The zero-order valence-corrected chi connectivity index (χ0v) is 12.5. The predicted octanol–water partition coefficient (Wildman–Crippen LogP) is 2.22. The highest BCUT2D eigenvalue weighted by molar-refractivity contribution is 8.06. The van der Waals surface area contributed by atoms with Gasteiger partial charge >= 0.3 is 0 Å². The minimum Gasteiger partial charge on any atom is -0.496 e. The van der Waals surface area contributed by atoms with Crippen LogP contribution in [0.5, 0.6) is 5.75 Å². The van der Waals surface area contributed by atoms with Crippen LogP contribution in [-0.4, -0.2) is 7.11 Å². The third kappa shape index (κ3) is 2.54. The monoisotopic (exact) mass is 298 g/mol. The normalized spacial score (nSPS) is 15.6. The molecule has 4 N–H and O–H groups in total. The van der Waals surface area contributed by atoms with Gasteiger partial charge in [-0.25, -0.2) is 0 Å². The van der Waals surface area contributed by atoms with Crippen molar-refractivity contribution in [3.63, 3.8) is 0 Å². The average Bonchev–Trinajstić information content (AvgIpc) is 2.46. The summed E-state index contributed by atoms with van der Waals surface area (Å²) >= 11 is 1.06. The van der Waals surface area contributed by atoms with Crippen LogP contribution in [-0.2, 0) is 0 Å². The van der Waals surface area contributed by atoms with E-state index in [9.17, 15) is 10.5 Å². The minimum absolute atomic E-state index is 0.340. The molecule has 0 saturated heterocycles. The largest absolute Gasteiger partial charge is 0.496 e. The van der Waals surface area contributed by atoms with Crippen LogP contribution in [0.1, 0.15) is 17.0 Å². The van der Waals surface area contributed by atoms with E-state index in [4.69, 9.17) is 16.2 Å². The van der Waals surface area contributed by atoms with Crippen molar-refractivity contribution in [2.75, 3.05) is 7.11 Å². The summed E-state index contributed by atoms with van der Waals surface area (Å²) in [4.78, 5) is 0.